The molecule has 0 aliphatic carbocycles. The van der Waals surface area contributed by atoms with Crippen molar-refractivity contribution in [3.63, 3.8) is 0 Å². The van der Waals surface area contributed by atoms with Crippen molar-refractivity contribution >= 4 is 28.2 Å². The third kappa shape index (κ3) is 4.32. The van der Waals surface area contributed by atoms with Crippen molar-refractivity contribution in [3.05, 3.63) is 29.3 Å². The van der Waals surface area contributed by atoms with Gasteiger partial charge in [-0.2, -0.15) is 13.2 Å². The standard InChI is InChI=1S/C12H11F3N4O2S/c1-2-21-8-5-3-7(4-6-8)16-10(20)17-11-19-18-9(22-11)12(13,14)15/h3-6H,2H2,1H3,(H2,16,17,19,20). The number of carbonyl (C=O) groups is 1. The highest BCUT2D eigenvalue weighted by Gasteiger charge is 2.35. The Morgan fingerprint density at radius 2 is 1.91 bits per heavy atom. The first-order valence-electron chi connectivity index (χ1n) is 6.10. The monoisotopic (exact) mass is 332 g/mol. The molecule has 1 heterocycles. The Morgan fingerprint density at radius 1 is 1.23 bits per heavy atom. The zero-order chi connectivity index (χ0) is 16.2. The second-order valence-corrected chi connectivity index (χ2v) is 4.92. The van der Waals surface area contributed by atoms with Gasteiger partial charge in [0.25, 0.3) is 0 Å². The Balaban J connectivity index is 1.94. The van der Waals surface area contributed by atoms with Crippen LogP contribution in [0.3, 0.4) is 0 Å². The largest absolute Gasteiger partial charge is 0.494 e. The van der Waals surface area contributed by atoms with Crippen molar-refractivity contribution < 1.29 is 22.7 Å². The third-order valence-electron chi connectivity index (χ3n) is 2.31. The van der Waals surface area contributed by atoms with Crippen LogP contribution in [0.25, 0.3) is 0 Å². The van der Waals surface area contributed by atoms with E-state index < -0.39 is 17.2 Å². The molecule has 0 bridgehead atoms. The molecule has 10 heteroatoms. The van der Waals surface area contributed by atoms with Crippen LogP contribution in [0.5, 0.6) is 5.75 Å². The highest BCUT2D eigenvalue weighted by molar-refractivity contribution is 7.15. The summed E-state index contributed by atoms with van der Waals surface area (Å²) in [4.78, 5) is 11.7. The molecule has 22 heavy (non-hydrogen) atoms. The predicted molar refractivity (Wildman–Crippen MR) is 75.2 cm³/mol. The summed E-state index contributed by atoms with van der Waals surface area (Å²) in [7, 11) is 0. The second-order valence-electron chi connectivity index (χ2n) is 3.95. The van der Waals surface area contributed by atoms with Gasteiger partial charge in [0.1, 0.15) is 5.75 Å². The molecule has 1 aromatic heterocycles. The summed E-state index contributed by atoms with van der Waals surface area (Å²) in [5.74, 6) is 0.646. The highest BCUT2D eigenvalue weighted by atomic mass is 32.1. The quantitative estimate of drug-likeness (QED) is 0.897. The number of aromatic nitrogens is 2. The molecule has 2 N–H and O–H groups in total. The van der Waals surface area contributed by atoms with Crippen LogP contribution >= 0.6 is 11.3 Å². The number of benzene rings is 1. The number of anilines is 2. The SMILES string of the molecule is CCOc1ccc(NC(=O)Nc2nnc(C(F)(F)F)s2)cc1. The minimum atomic E-state index is -4.58. The van der Waals surface area contributed by atoms with Gasteiger partial charge in [-0.1, -0.05) is 11.3 Å². The number of hydrogen-bond acceptors (Lipinski definition) is 5. The topological polar surface area (TPSA) is 76.1 Å². The molecule has 0 atom stereocenters. The number of hydrogen-bond donors (Lipinski definition) is 2. The molecule has 0 spiro atoms. The van der Waals surface area contributed by atoms with Crippen molar-refractivity contribution in [1.82, 2.24) is 10.2 Å². The first-order valence-corrected chi connectivity index (χ1v) is 6.91. The maximum atomic E-state index is 12.4. The normalized spacial score (nSPS) is 11.1. The van der Waals surface area contributed by atoms with Gasteiger partial charge in [-0.05, 0) is 31.2 Å². The number of halogens is 3. The molecule has 2 rings (SSSR count). The Morgan fingerprint density at radius 3 is 2.45 bits per heavy atom. The van der Waals surface area contributed by atoms with E-state index in [1.807, 2.05) is 6.92 Å². The Labute approximate surface area is 127 Å². The van der Waals surface area contributed by atoms with Crippen LogP contribution in [-0.4, -0.2) is 22.8 Å². The summed E-state index contributed by atoms with van der Waals surface area (Å²) in [5.41, 5.74) is 0.460. The fraction of sp³-hybridized carbons (Fsp3) is 0.250. The van der Waals surface area contributed by atoms with Crippen LogP contribution in [0.4, 0.5) is 28.8 Å². The summed E-state index contributed by atoms with van der Waals surface area (Å²) >= 11 is 0.249. The first kappa shape index (κ1) is 16.0. The number of urea groups is 1. The summed E-state index contributed by atoms with van der Waals surface area (Å²) < 4.78 is 42.3. The lowest BCUT2D eigenvalue weighted by molar-refractivity contribution is -0.138. The number of carbonyl (C=O) groups excluding carboxylic acids is 1. The van der Waals surface area contributed by atoms with Gasteiger partial charge in [-0.25, -0.2) is 4.79 Å². The van der Waals surface area contributed by atoms with Crippen LogP contribution in [0.1, 0.15) is 11.9 Å². The molecule has 2 amide bonds. The number of ether oxygens (including phenoxy) is 1. The molecule has 6 nitrogen and oxygen atoms in total. The second kappa shape index (κ2) is 6.60. The van der Waals surface area contributed by atoms with E-state index in [-0.39, 0.29) is 16.5 Å². The molecular weight excluding hydrogens is 321 g/mol. The van der Waals surface area contributed by atoms with Gasteiger partial charge in [0.05, 0.1) is 6.61 Å². The van der Waals surface area contributed by atoms with Crippen LogP contribution in [0, 0.1) is 0 Å². The summed E-state index contributed by atoms with van der Waals surface area (Å²) in [6.45, 7) is 2.36. The zero-order valence-electron chi connectivity index (χ0n) is 11.3. The van der Waals surface area contributed by atoms with E-state index in [1.54, 1.807) is 24.3 Å². The zero-order valence-corrected chi connectivity index (χ0v) is 12.1. The van der Waals surface area contributed by atoms with Gasteiger partial charge < -0.3 is 10.1 Å². The third-order valence-corrected chi connectivity index (χ3v) is 3.19. The molecule has 0 fully saturated rings. The van der Waals surface area contributed by atoms with Gasteiger partial charge in [0.2, 0.25) is 10.1 Å². The van der Waals surface area contributed by atoms with Crippen molar-refractivity contribution in [2.45, 2.75) is 13.1 Å². The molecular formula is C12H11F3N4O2S. The predicted octanol–water partition coefficient (Wildman–Crippen LogP) is 3.60. The first-order chi connectivity index (χ1) is 10.4. The summed E-state index contributed by atoms with van der Waals surface area (Å²) in [6.07, 6.45) is -4.58. The van der Waals surface area contributed by atoms with Crippen LogP contribution < -0.4 is 15.4 Å². The molecule has 118 valence electrons. The van der Waals surface area contributed by atoms with E-state index in [1.165, 1.54) is 0 Å². The number of nitrogens with one attached hydrogen (secondary N) is 2. The number of nitrogens with zero attached hydrogens (tertiary/aromatic N) is 2. The van der Waals surface area contributed by atoms with Gasteiger partial charge >= 0.3 is 12.2 Å². The minimum absolute atomic E-state index is 0.240. The lowest BCUT2D eigenvalue weighted by Crippen LogP contribution is -2.19. The van der Waals surface area contributed by atoms with E-state index in [0.29, 0.717) is 18.0 Å². The minimum Gasteiger partial charge on any atom is -0.494 e. The molecule has 0 saturated heterocycles. The average Bonchev–Trinajstić information content (AvgIpc) is 2.89. The Bertz CT molecular complexity index is 643. The maximum absolute atomic E-state index is 12.4. The average molecular weight is 332 g/mol. The van der Waals surface area contributed by atoms with E-state index in [2.05, 4.69) is 20.8 Å². The van der Waals surface area contributed by atoms with Crippen LogP contribution in [-0.2, 0) is 6.18 Å². The van der Waals surface area contributed by atoms with Gasteiger partial charge in [0.15, 0.2) is 0 Å². The smallest absolute Gasteiger partial charge is 0.445 e. The highest BCUT2D eigenvalue weighted by Crippen LogP contribution is 2.33. The molecule has 2 aromatic rings. The fourth-order valence-electron chi connectivity index (χ4n) is 1.45. The van der Waals surface area contributed by atoms with Crippen molar-refractivity contribution in [1.29, 1.82) is 0 Å². The van der Waals surface area contributed by atoms with Crippen molar-refractivity contribution in [3.8, 4) is 5.75 Å². The number of alkyl halides is 3. The fourth-order valence-corrected chi connectivity index (χ4v) is 2.05. The molecule has 0 aliphatic heterocycles. The molecule has 0 aliphatic rings. The summed E-state index contributed by atoms with van der Waals surface area (Å²) in [6, 6.07) is 5.81. The van der Waals surface area contributed by atoms with Gasteiger partial charge in [-0.15, -0.1) is 10.2 Å². The molecule has 0 saturated carbocycles. The van der Waals surface area contributed by atoms with E-state index >= 15 is 0 Å². The Kier molecular flexibility index (Phi) is 4.81. The number of rotatable bonds is 4. The van der Waals surface area contributed by atoms with Crippen LogP contribution in [0.15, 0.2) is 24.3 Å². The van der Waals surface area contributed by atoms with E-state index in [0.717, 1.165) is 0 Å². The molecule has 0 radical (unpaired) electrons. The van der Waals surface area contributed by atoms with Crippen LogP contribution in [0.2, 0.25) is 0 Å². The van der Waals surface area contributed by atoms with Crippen molar-refractivity contribution in [2.75, 3.05) is 17.2 Å². The number of amides is 2. The van der Waals surface area contributed by atoms with Gasteiger partial charge in [-0.3, -0.25) is 5.32 Å². The lowest BCUT2D eigenvalue weighted by Gasteiger charge is -2.06. The van der Waals surface area contributed by atoms with E-state index in [4.69, 9.17) is 4.74 Å². The Hall–Kier alpha value is -2.36. The van der Waals surface area contributed by atoms with Gasteiger partial charge in [0, 0.05) is 5.69 Å². The molecule has 1 aromatic carbocycles. The molecule has 0 unspecified atom stereocenters. The van der Waals surface area contributed by atoms with Crippen molar-refractivity contribution in [2.24, 2.45) is 0 Å². The summed E-state index contributed by atoms with van der Waals surface area (Å²) in [5, 5.41) is 9.51. The lowest BCUT2D eigenvalue weighted by atomic mass is 10.3. The maximum Gasteiger partial charge on any atom is 0.445 e. The van der Waals surface area contributed by atoms with E-state index in [9.17, 15) is 18.0 Å².